The summed E-state index contributed by atoms with van der Waals surface area (Å²) in [5.74, 6) is -2.31. The maximum absolute atomic E-state index is 13.9. The summed E-state index contributed by atoms with van der Waals surface area (Å²) in [7, 11) is 1.57. The van der Waals surface area contributed by atoms with Crippen molar-refractivity contribution < 1.29 is 33.2 Å². The normalized spacial score (nSPS) is 16.6. The monoisotopic (exact) mass is 532 g/mol. The lowest BCUT2D eigenvalue weighted by Crippen LogP contribution is -2.42. The van der Waals surface area contributed by atoms with Crippen LogP contribution < -0.4 is 4.74 Å². The van der Waals surface area contributed by atoms with Crippen LogP contribution in [-0.4, -0.2) is 58.6 Å². The summed E-state index contributed by atoms with van der Waals surface area (Å²) in [6, 6.07) is 7.01. The third kappa shape index (κ3) is 6.29. The van der Waals surface area contributed by atoms with Crippen molar-refractivity contribution in [2.24, 2.45) is 5.41 Å². The highest BCUT2D eigenvalue weighted by Crippen LogP contribution is 2.40. The number of hydrogen-bond acceptors (Lipinski definition) is 6. The van der Waals surface area contributed by atoms with Gasteiger partial charge in [-0.05, 0) is 99.0 Å². The van der Waals surface area contributed by atoms with Gasteiger partial charge in [0.1, 0.15) is 11.6 Å². The van der Waals surface area contributed by atoms with Gasteiger partial charge in [-0.2, -0.15) is 0 Å². The summed E-state index contributed by atoms with van der Waals surface area (Å²) >= 11 is 0. The van der Waals surface area contributed by atoms with Crippen LogP contribution in [0.15, 0.2) is 36.5 Å². The van der Waals surface area contributed by atoms with Crippen molar-refractivity contribution >= 4 is 10.9 Å². The van der Waals surface area contributed by atoms with E-state index in [9.17, 15) is 28.5 Å². The molecule has 1 fully saturated rings. The van der Waals surface area contributed by atoms with Crippen LogP contribution in [0.25, 0.3) is 10.9 Å². The number of pyridine rings is 1. The zero-order chi connectivity index (χ0) is 27.3. The molecule has 0 aliphatic carbocycles. The fourth-order valence-electron chi connectivity index (χ4n) is 5.49. The number of nitrogens with zero attached hydrogens (tertiary/aromatic N) is 2. The lowest BCUT2D eigenvalue weighted by Gasteiger charge is -2.41. The highest BCUT2D eigenvalue weighted by atomic mass is 19.2. The van der Waals surface area contributed by atoms with E-state index in [-0.39, 0.29) is 30.6 Å². The molecule has 2 heterocycles. The molecule has 3 aromatic rings. The molecule has 1 saturated heterocycles. The van der Waals surface area contributed by atoms with E-state index >= 15 is 0 Å². The Balaban J connectivity index is 1.35. The molecule has 0 amide bonds. The average Bonchev–Trinajstić information content (AvgIpc) is 2.94. The summed E-state index contributed by atoms with van der Waals surface area (Å²) in [5.41, 5.74) is 1.59. The number of methoxy groups -OCH3 is 1. The summed E-state index contributed by atoms with van der Waals surface area (Å²) < 4.78 is 46.1. The van der Waals surface area contributed by atoms with Crippen LogP contribution in [0.2, 0.25) is 0 Å². The number of aliphatic hydroxyl groups excluding tert-OH is 3. The lowest BCUT2D eigenvalue weighted by atomic mass is 9.74. The molecule has 0 unspecified atom stereocenters. The Hall–Kier alpha value is -2.72. The van der Waals surface area contributed by atoms with E-state index in [2.05, 4.69) is 9.88 Å². The SMILES string of the molecule is COc1ccc2ncc(CO)c([C@H](O)CCC3(CO)CCN(CCCc4cc(F)cc(F)c4F)CC3)c2c1. The van der Waals surface area contributed by atoms with Crippen molar-refractivity contribution in [3.63, 3.8) is 0 Å². The second kappa shape index (κ2) is 12.4. The topological polar surface area (TPSA) is 86.0 Å². The fraction of sp³-hybridized carbons (Fsp3) is 0.483. The number of aliphatic hydroxyl groups is 3. The minimum absolute atomic E-state index is 0.000880. The molecule has 206 valence electrons. The van der Waals surface area contributed by atoms with E-state index in [1.54, 1.807) is 19.4 Å². The van der Waals surface area contributed by atoms with Crippen LogP contribution in [0, 0.1) is 22.9 Å². The molecule has 1 aromatic heterocycles. The third-order valence-corrected chi connectivity index (χ3v) is 7.89. The predicted molar refractivity (Wildman–Crippen MR) is 138 cm³/mol. The molecule has 38 heavy (non-hydrogen) atoms. The summed E-state index contributed by atoms with van der Waals surface area (Å²) in [5, 5.41) is 32.1. The molecule has 3 N–H and O–H groups in total. The zero-order valence-corrected chi connectivity index (χ0v) is 21.6. The molecule has 1 atom stereocenters. The Morgan fingerprint density at radius 1 is 1.08 bits per heavy atom. The second-order valence-electron chi connectivity index (χ2n) is 10.3. The smallest absolute Gasteiger partial charge is 0.162 e. The quantitative estimate of drug-likeness (QED) is 0.311. The van der Waals surface area contributed by atoms with Crippen molar-refractivity contribution in [2.75, 3.05) is 33.4 Å². The predicted octanol–water partition coefficient (Wildman–Crippen LogP) is 4.67. The van der Waals surface area contributed by atoms with Crippen molar-refractivity contribution in [1.29, 1.82) is 0 Å². The van der Waals surface area contributed by atoms with Gasteiger partial charge in [0.2, 0.25) is 0 Å². The van der Waals surface area contributed by atoms with Crippen molar-refractivity contribution in [3.8, 4) is 5.75 Å². The molecule has 0 spiro atoms. The molecule has 2 aromatic carbocycles. The molecule has 0 radical (unpaired) electrons. The Morgan fingerprint density at radius 3 is 2.53 bits per heavy atom. The molecule has 0 saturated carbocycles. The van der Waals surface area contributed by atoms with Crippen LogP contribution in [0.1, 0.15) is 54.9 Å². The van der Waals surface area contributed by atoms with E-state index in [0.717, 1.165) is 37.4 Å². The zero-order valence-electron chi connectivity index (χ0n) is 21.6. The largest absolute Gasteiger partial charge is 0.497 e. The van der Waals surface area contributed by atoms with Gasteiger partial charge in [0.25, 0.3) is 0 Å². The number of hydrogen-bond donors (Lipinski definition) is 3. The van der Waals surface area contributed by atoms with Crippen molar-refractivity contribution in [1.82, 2.24) is 9.88 Å². The lowest BCUT2D eigenvalue weighted by molar-refractivity contribution is 0.0232. The highest BCUT2D eigenvalue weighted by Gasteiger charge is 2.34. The van der Waals surface area contributed by atoms with E-state index in [0.29, 0.717) is 54.3 Å². The minimum atomic E-state index is -1.17. The van der Waals surface area contributed by atoms with Gasteiger partial charge in [-0.1, -0.05) is 0 Å². The van der Waals surface area contributed by atoms with E-state index in [4.69, 9.17) is 4.74 Å². The maximum Gasteiger partial charge on any atom is 0.162 e. The maximum atomic E-state index is 13.9. The second-order valence-corrected chi connectivity index (χ2v) is 10.3. The molecule has 1 aliphatic rings. The van der Waals surface area contributed by atoms with Crippen molar-refractivity contribution in [2.45, 2.75) is 51.2 Å². The molecule has 4 rings (SSSR count). The third-order valence-electron chi connectivity index (χ3n) is 7.89. The van der Waals surface area contributed by atoms with Gasteiger partial charge >= 0.3 is 0 Å². The number of ether oxygens (including phenoxy) is 1. The van der Waals surface area contributed by atoms with Gasteiger partial charge in [-0.25, -0.2) is 13.2 Å². The summed E-state index contributed by atoms with van der Waals surface area (Å²) in [6.45, 7) is 1.87. The Morgan fingerprint density at radius 2 is 1.84 bits per heavy atom. The first-order valence-electron chi connectivity index (χ1n) is 13.0. The summed E-state index contributed by atoms with van der Waals surface area (Å²) in [6.07, 6.45) is 4.02. The van der Waals surface area contributed by atoms with Gasteiger partial charge in [-0.3, -0.25) is 4.98 Å². The average molecular weight is 533 g/mol. The molecular weight excluding hydrogens is 497 g/mol. The van der Waals surface area contributed by atoms with Crippen LogP contribution in [-0.2, 0) is 13.0 Å². The van der Waals surface area contributed by atoms with Crippen molar-refractivity contribution in [3.05, 3.63) is 70.7 Å². The van der Waals surface area contributed by atoms with Gasteiger partial charge < -0.3 is 25.0 Å². The molecular formula is C29H35F3N2O4. The molecule has 1 aliphatic heterocycles. The molecule has 0 bridgehead atoms. The van der Waals surface area contributed by atoms with E-state index in [1.807, 2.05) is 12.1 Å². The number of halogens is 3. The first kappa shape index (κ1) is 28.3. The van der Waals surface area contributed by atoms with Gasteiger partial charge in [0.15, 0.2) is 11.6 Å². The first-order valence-corrected chi connectivity index (χ1v) is 13.0. The number of likely N-dealkylation sites (tertiary alicyclic amines) is 1. The summed E-state index contributed by atoms with van der Waals surface area (Å²) in [4.78, 5) is 6.60. The highest BCUT2D eigenvalue weighted by molar-refractivity contribution is 5.85. The minimum Gasteiger partial charge on any atom is -0.497 e. The van der Waals surface area contributed by atoms with Gasteiger partial charge in [0, 0.05) is 29.8 Å². The Kier molecular flexibility index (Phi) is 9.25. The molecule has 6 nitrogen and oxygen atoms in total. The first-order chi connectivity index (χ1) is 18.3. The van der Waals surface area contributed by atoms with Crippen LogP contribution >= 0.6 is 0 Å². The van der Waals surface area contributed by atoms with Crippen LogP contribution in [0.3, 0.4) is 0 Å². The fourth-order valence-corrected chi connectivity index (χ4v) is 5.49. The molecule has 9 heteroatoms. The van der Waals surface area contributed by atoms with Crippen LogP contribution in [0.4, 0.5) is 13.2 Å². The Labute approximate surface area is 220 Å². The number of aromatic nitrogens is 1. The number of benzene rings is 2. The van der Waals surface area contributed by atoms with E-state index in [1.165, 1.54) is 0 Å². The van der Waals surface area contributed by atoms with Gasteiger partial charge in [0.05, 0.1) is 25.3 Å². The Bertz CT molecular complexity index is 1240. The number of fused-ring (bicyclic) bond motifs is 1. The number of aryl methyl sites for hydroxylation is 1. The van der Waals surface area contributed by atoms with E-state index < -0.39 is 23.6 Å². The number of rotatable bonds is 11. The van der Waals surface area contributed by atoms with Gasteiger partial charge in [-0.15, -0.1) is 0 Å². The number of piperidine rings is 1. The van der Waals surface area contributed by atoms with Crippen LogP contribution in [0.5, 0.6) is 5.75 Å². The standard InChI is InChI=1S/C29H35F3N2O4/c1-38-22-4-5-25-23(15-22)27(20(17-35)16-33-25)26(37)6-7-29(18-36)8-11-34(12-9-29)10-2-3-19-13-21(30)14-24(31)28(19)32/h4-5,13-16,26,35-37H,2-3,6-12,17-18H2,1H3/t26-/m1/s1.